The predicted octanol–water partition coefficient (Wildman–Crippen LogP) is 2.93. The Hall–Kier alpha value is -1.99. The molecule has 2 saturated heterocycles. The number of rotatable bonds is 7. The molecule has 0 saturated carbocycles. The van der Waals surface area contributed by atoms with Crippen molar-refractivity contribution in [3.05, 3.63) is 0 Å². The highest BCUT2D eigenvalue weighted by Crippen LogP contribution is 2.20. The van der Waals surface area contributed by atoms with Gasteiger partial charge in [0.1, 0.15) is 5.60 Å². The maximum atomic E-state index is 12.4. The molecule has 31 heavy (non-hydrogen) atoms. The predicted molar refractivity (Wildman–Crippen MR) is 124 cm³/mol. The number of hydrogen-bond donors (Lipinski definition) is 1. The van der Waals surface area contributed by atoms with Gasteiger partial charge in [0.2, 0.25) is 5.91 Å². The van der Waals surface area contributed by atoms with Crippen molar-refractivity contribution in [3.63, 3.8) is 0 Å². The van der Waals surface area contributed by atoms with E-state index in [1.807, 2.05) is 37.5 Å². The Bertz CT molecular complexity index is 603. The fraction of sp³-hybridized carbons (Fsp3) is 0.870. The maximum Gasteiger partial charge on any atom is 0.410 e. The summed E-state index contributed by atoms with van der Waals surface area (Å²) in [4.78, 5) is 35.5. The van der Waals surface area contributed by atoms with E-state index in [1.54, 1.807) is 0 Å². The lowest BCUT2D eigenvalue weighted by atomic mass is 9.96. The summed E-state index contributed by atoms with van der Waals surface area (Å²) in [5, 5.41) is 3.37. The maximum absolute atomic E-state index is 12.4. The molecule has 2 aliphatic rings. The Morgan fingerprint density at radius 2 is 1.71 bits per heavy atom. The van der Waals surface area contributed by atoms with E-state index in [0.717, 1.165) is 70.9 Å². The molecule has 0 aromatic heterocycles. The third-order valence-electron chi connectivity index (χ3n) is 5.81. The molecule has 2 fully saturated rings. The van der Waals surface area contributed by atoms with Gasteiger partial charge in [0.15, 0.2) is 5.96 Å². The van der Waals surface area contributed by atoms with Crippen molar-refractivity contribution in [1.29, 1.82) is 0 Å². The summed E-state index contributed by atoms with van der Waals surface area (Å²) in [5.41, 5.74) is -0.471. The Kier molecular flexibility index (Phi) is 9.91. The van der Waals surface area contributed by atoms with Crippen LogP contribution in [0.1, 0.15) is 66.7 Å². The monoisotopic (exact) mass is 437 g/mol. The van der Waals surface area contributed by atoms with Gasteiger partial charge in [0.25, 0.3) is 0 Å². The number of amides is 2. The lowest BCUT2D eigenvalue weighted by Crippen LogP contribution is -2.48. The van der Waals surface area contributed by atoms with Crippen LogP contribution < -0.4 is 5.32 Å². The molecule has 0 spiro atoms. The second kappa shape index (κ2) is 12.2. The molecule has 1 N–H and O–H groups in total. The first-order valence-electron chi connectivity index (χ1n) is 12.0. The summed E-state index contributed by atoms with van der Waals surface area (Å²) in [7, 11) is 0. The van der Waals surface area contributed by atoms with Crippen LogP contribution in [0, 0.1) is 5.92 Å². The number of piperidine rings is 1. The van der Waals surface area contributed by atoms with E-state index < -0.39 is 5.60 Å². The summed E-state index contributed by atoms with van der Waals surface area (Å²) in [6.07, 6.45) is 4.51. The molecule has 0 atom stereocenters. The zero-order chi connectivity index (χ0) is 22.9. The van der Waals surface area contributed by atoms with Crippen LogP contribution in [-0.2, 0) is 9.53 Å². The number of likely N-dealkylation sites (tertiary alicyclic amines) is 2. The van der Waals surface area contributed by atoms with E-state index in [0.29, 0.717) is 25.4 Å². The van der Waals surface area contributed by atoms with E-state index in [2.05, 4.69) is 17.1 Å². The van der Waals surface area contributed by atoms with Crippen LogP contribution in [0.4, 0.5) is 4.79 Å². The first kappa shape index (κ1) is 25.3. The lowest BCUT2D eigenvalue weighted by Gasteiger charge is -2.36. The number of aliphatic imine (C=N–C) groups is 1. The molecule has 0 aromatic carbocycles. The molecule has 0 radical (unpaired) electrons. The van der Waals surface area contributed by atoms with E-state index in [9.17, 15) is 9.59 Å². The first-order valence-corrected chi connectivity index (χ1v) is 12.0. The second-order valence-electron chi connectivity index (χ2n) is 9.52. The van der Waals surface area contributed by atoms with Gasteiger partial charge < -0.3 is 24.8 Å². The zero-order valence-corrected chi connectivity index (χ0v) is 20.3. The van der Waals surface area contributed by atoms with Crippen LogP contribution in [0.25, 0.3) is 0 Å². The van der Waals surface area contributed by atoms with Crippen molar-refractivity contribution >= 4 is 18.0 Å². The number of ether oxygens (including phenoxy) is 1. The first-order chi connectivity index (χ1) is 14.7. The summed E-state index contributed by atoms with van der Waals surface area (Å²) >= 11 is 0. The summed E-state index contributed by atoms with van der Waals surface area (Å²) in [6.45, 7) is 16.1. The van der Waals surface area contributed by atoms with Gasteiger partial charge >= 0.3 is 6.09 Å². The van der Waals surface area contributed by atoms with Gasteiger partial charge in [0, 0.05) is 52.2 Å². The summed E-state index contributed by atoms with van der Waals surface area (Å²) in [5.74, 6) is 1.58. The molecular weight excluding hydrogens is 394 g/mol. The molecule has 2 aliphatic heterocycles. The number of hydrogen-bond acceptors (Lipinski definition) is 4. The van der Waals surface area contributed by atoms with Crippen molar-refractivity contribution in [2.75, 3.05) is 52.4 Å². The molecule has 2 amide bonds. The molecule has 2 rings (SSSR count). The normalized spacial score (nSPS) is 18.3. The number of nitrogens with one attached hydrogen (secondary N) is 1. The summed E-state index contributed by atoms with van der Waals surface area (Å²) in [6, 6.07) is 0. The van der Waals surface area contributed by atoms with Crippen molar-refractivity contribution in [2.45, 2.75) is 72.3 Å². The van der Waals surface area contributed by atoms with Gasteiger partial charge in [-0.05, 0) is 66.2 Å². The van der Waals surface area contributed by atoms with Crippen LogP contribution >= 0.6 is 0 Å². The summed E-state index contributed by atoms with van der Waals surface area (Å²) < 4.78 is 5.54. The van der Waals surface area contributed by atoms with Crippen molar-refractivity contribution < 1.29 is 14.3 Å². The van der Waals surface area contributed by atoms with Crippen LogP contribution in [0.2, 0.25) is 0 Å². The lowest BCUT2D eigenvalue weighted by molar-refractivity contribution is -0.129. The smallest absolute Gasteiger partial charge is 0.410 e. The topological polar surface area (TPSA) is 77.5 Å². The minimum Gasteiger partial charge on any atom is -0.444 e. The van der Waals surface area contributed by atoms with Crippen LogP contribution in [0.15, 0.2) is 4.99 Å². The molecule has 0 aliphatic carbocycles. The number of guanidine groups is 1. The average Bonchev–Trinajstić information content (AvgIpc) is 3.25. The van der Waals surface area contributed by atoms with Gasteiger partial charge in [0.05, 0.1) is 6.54 Å². The van der Waals surface area contributed by atoms with Crippen LogP contribution in [-0.4, -0.2) is 90.6 Å². The van der Waals surface area contributed by atoms with Crippen LogP contribution in [0.5, 0.6) is 0 Å². The highest BCUT2D eigenvalue weighted by Gasteiger charge is 2.27. The van der Waals surface area contributed by atoms with Crippen molar-refractivity contribution in [3.8, 4) is 0 Å². The zero-order valence-electron chi connectivity index (χ0n) is 20.3. The van der Waals surface area contributed by atoms with E-state index in [-0.39, 0.29) is 12.0 Å². The SMILES string of the molecule is CCNC(=NCCC(=O)N1CCCC1)N1CCC(CN(CC)C(=O)OC(C)(C)C)CC1. The third kappa shape index (κ3) is 8.57. The van der Waals surface area contributed by atoms with Gasteiger partial charge in [-0.25, -0.2) is 4.79 Å². The molecule has 2 heterocycles. The van der Waals surface area contributed by atoms with Crippen molar-refractivity contribution in [2.24, 2.45) is 10.9 Å². The highest BCUT2D eigenvalue weighted by atomic mass is 16.6. The quantitative estimate of drug-likeness (QED) is 0.489. The average molecular weight is 438 g/mol. The molecule has 0 bridgehead atoms. The van der Waals surface area contributed by atoms with Crippen molar-refractivity contribution in [1.82, 2.24) is 20.0 Å². The van der Waals surface area contributed by atoms with E-state index >= 15 is 0 Å². The van der Waals surface area contributed by atoms with Gasteiger partial charge in [-0.15, -0.1) is 0 Å². The molecule has 8 nitrogen and oxygen atoms in total. The van der Waals surface area contributed by atoms with Gasteiger partial charge in [-0.1, -0.05) is 0 Å². The Morgan fingerprint density at radius 1 is 1.06 bits per heavy atom. The minimum atomic E-state index is -0.471. The fourth-order valence-corrected chi connectivity index (χ4v) is 4.11. The second-order valence-corrected chi connectivity index (χ2v) is 9.52. The number of carbonyl (C=O) groups excluding carboxylic acids is 2. The Labute approximate surface area is 188 Å². The minimum absolute atomic E-state index is 0.220. The largest absolute Gasteiger partial charge is 0.444 e. The standard InChI is InChI=1S/C23H43N5O3/c1-6-24-21(25-13-10-20(29)27-14-8-9-15-27)28-16-11-19(12-17-28)18-26(7-2)22(30)31-23(3,4)5/h19H,6-18H2,1-5H3,(H,24,25). The number of carbonyl (C=O) groups is 2. The van der Waals surface area contributed by atoms with E-state index in [4.69, 9.17) is 9.73 Å². The molecule has 8 heteroatoms. The van der Waals surface area contributed by atoms with Gasteiger partial charge in [-0.3, -0.25) is 9.79 Å². The third-order valence-corrected chi connectivity index (χ3v) is 5.81. The molecule has 0 aromatic rings. The molecule has 0 unspecified atom stereocenters. The molecular formula is C23H43N5O3. The highest BCUT2D eigenvalue weighted by molar-refractivity contribution is 5.81. The Balaban J connectivity index is 1.82. The molecule has 178 valence electrons. The number of nitrogens with zero attached hydrogens (tertiary/aromatic N) is 4. The Morgan fingerprint density at radius 3 is 2.26 bits per heavy atom. The van der Waals surface area contributed by atoms with Crippen LogP contribution in [0.3, 0.4) is 0 Å². The van der Waals surface area contributed by atoms with E-state index in [1.165, 1.54) is 0 Å². The fourth-order valence-electron chi connectivity index (χ4n) is 4.11. The van der Waals surface area contributed by atoms with Gasteiger partial charge in [-0.2, -0.15) is 0 Å².